The first kappa shape index (κ1) is 16.5. The van der Waals surface area contributed by atoms with Gasteiger partial charge in [-0.2, -0.15) is 4.31 Å². The minimum atomic E-state index is -3.68. The predicted octanol–water partition coefficient (Wildman–Crippen LogP) is 1.44. The molecule has 21 heavy (non-hydrogen) atoms. The number of sulfonamides is 1. The summed E-state index contributed by atoms with van der Waals surface area (Å²) in [5.74, 6) is 1.40. The lowest BCUT2D eigenvalue weighted by Crippen LogP contribution is -2.31. The summed E-state index contributed by atoms with van der Waals surface area (Å²) in [6.07, 6.45) is 2.42. The smallest absolute Gasteiger partial charge is 0.246 e. The Bertz CT molecular complexity index is 589. The number of ether oxygens (including phenoxy) is 1. The van der Waals surface area contributed by atoms with E-state index in [-0.39, 0.29) is 18.0 Å². The fourth-order valence-electron chi connectivity index (χ4n) is 2.23. The highest BCUT2D eigenvalue weighted by atomic mass is 32.2. The summed E-state index contributed by atoms with van der Waals surface area (Å²) in [6.45, 7) is 4.25. The Labute approximate surface area is 125 Å². The minimum Gasteiger partial charge on any atom is -0.465 e. The monoisotopic (exact) mass is 317 g/mol. The molecule has 1 N–H and O–H groups in total. The van der Waals surface area contributed by atoms with Crippen molar-refractivity contribution in [3.8, 4) is 0 Å². The van der Waals surface area contributed by atoms with Gasteiger partial charge in [-0.15, -0.1) is 0 Å². The van der Waals surface area contributed by atoms with E-state index < -0.39 is 10.0 Å². The molecule has 6 nitrogen and oxygen atoms in total. The molecule has 0 aliphatic heterocycles. The van der Waals surface area contributed by atoms with Gasteiger partial charge in [-0.05, 0) is 32.6 Å². The van der Waals surface area contributed by atoms with Crippen molar-refractivity contribution in [3.63, 3.8) is 0 Å². The molecule has 1 aliphatic carbocycles. The van der Waals surface area contributed by atoms with Crippen LogP contribution >= 0.6 is 0 Å². The lowest BCUT2D eigenvalue weighted by Gasteiger charge is -2.17. The van der Waals surface area contributed by atoms with Gasteiger partial charge >= 0.3 is 0 Å². The van der Waals surface area contributed by atoms with Gasteiger partial charge in [0.25, 0.3) is 0 Å². The zero-order valence-electron chi connectivity index (χ0n) is 12.8. The molecule has 0 amide bonds. The van der Waals surface area contributed by atoms with Crippen molar-refractivity contribution in [2.75, 3.05) is 26.8 Å². The molecule has 1 aliphatic rings. The second kappa shape index (κ2) is 6.48. The van der Waals surface area contributed by atoms with Crippen LogP contribution in [0.2, 0.25) is 0 Å². The van der Waals surface area contributed by atoms with Crippen LogP contribution in [0.3, 0.4) is 0 Å². The number of aryl methyl sites for hydroxylation is 2. The van der Waals surface area contributed by atoms with E-state index in [1.807, 2.05) is 0 Å². The SMILES string of the molecule is Cc1oc(C)c(S(=O)(=O)N(C)CCOCC2CC2)c1CO. The zero-order chi connectivity index (χ0) is 15.6. The molecule has 0 bridgehead atoms. The maximum absolute atomic E-state index is 12.6. The summed E-state index contributed by atoms with van der Waals surface area (Å²) in [5.41, 5.74) is 0.332. The maximum Gasteiger partial charge on any atom is 0.246 e. The summed E-state index contributed by atoms with van der Waals surface area (Å²) < 4.78 is 37.2. The van der Waals surface area contributed by atoms with Crippen LogP contribution in [0.1, 0.15) is 29.9 Å². The first-order chi connectivity index (χ1) is 9.87. The number of hydrogen-bond acceptors (Lipinski definition) is 5. The average molecular weight is 317 g/mol. The number of nitrogens with zero attached hydrogens (tertiary/aromatic N) is 1. The Hall–Kier alpha value is -0.890. The average Bonchev–Trinajstić information content (AvgIpc) is 3.18. The number of aliphatic hydroxyl groups excluding tert-OH is 1. The van der Waals surface area contributed by atoms with Crippen molar-refractivity contribution in [1.82, 2.24) is 4.31 Å². The topological polar surface area (TPSA) is 80.0 Å². The Morgan fingerprint density at radius 1 is 1.33 bits per heavy atom. The number of hydrogen-bond donors (Lipinski definition) is 1. The van der Waals surface area contributed by atoms with Crippen molar-refractivity contribution in [1.29, 1.82) is 0 Å². The molecule has 1 fully saturated rings. The largest absolute Gasteiger partial charge is 0.465 e. The standard InChI is InChI=1S/C14H23NO5S/c1-10-13(8-16)14(11(2)20-10)21(17,18)15(3)6-7-19-9-12-4-5-12/h12,16H,4-9H2,1-3H3. The van der Waals surface area contributed by atoms with Crippen LogP contribution in [0.5, 0.6) is 0 Å². The molecule has 2 rings (SSSR count). The lowest BCUT2D eigenvalue weighted by molar-refractivity contribution is 0.117. The van der Waals surface area contributed by atoms with Gasteiger partial charge in [-0.1, -0.05) is 0 Å². The third-order valence-electron chi connectivity index (χ3n) is 3.75. The molecule has 0 spiro atoms. The van der Waals surface area contributed by atoms with Crippen LogP contribution in [0.25, 0.3) is 0 Å². The normalized spacial score (nSPS) is 15.9. The molecule has 0 saturated heterocycles. The second-order valence-electron chi connectivity index (χ2n) is 5.53. The summed E-state index contributed by atoms with van der Waals surface area (Å²) in [4.78, 5) is 0.0761. The number of likely N-dealkylation sites (N-methyl/N-ethyl adjacent to an activating group) is 1. The Morgan fingerprint density at radius 2 is 2.00 bits per heavy atom. The van der Waals surface area contributed by atoms with Gasteiger partial charge in [-0.25, -0.2) is 8.42 Å². The van der Waals surface area contributed by atoms with Crippen molar-refractivity contribution < 1.29 is 22.7 Å². The summed E-state index contributed by atoms with van der Waals surface area (Å²) in [7, 11) is -2.16. The van der Waals surface area contributed by atoms with E-state index in [0.29, 0.717) is 36.2 Å². The number of rotatable bonds is 8. The molecule has 1 saturated carbocycles. The van der Waals surface area contributed by atoms with Gasteiger partial charge in [0, 0.05) is 25.8 Å². The quantitative estimate of drug-likeness (QED) is 0.734. The third-order valence-corrected chi connectivity index (χ3v) is 5.81. The van der Waals surface area contributed by atoms with Gasteiger partial charge < -0.3 is 14.3 Å². The van der Waals surface area contributed by atoms with Crippen LogP contribution in [0.15, 0.2) is 9.31 Å². The fraction of sp³-hybridized carbons (Fsp3) is 0.714. The van der Waals surface area contributed by atoms with Crippen LogP contribution in [-0.2, 0) is 21.4 Å². The minimum absolute atomic E-state index is 0.0761. The molecular weight excluding hydrogens is 294 g/mol. The molecule has 0 atom stereocenters. The van der Waals surface area contributed by atoms with E-state index in [1.54, 1.807) is 13.8 Å². The highest BCUT2D eigenvalue weighted by Gasteiger charge is 2.30. The van der Waals surface area contributed by atoms with Crippen LogP contribution in [-0.4, -0.2) is 44.6 Å². The second-order valence-corrected chi connectivity index (χ2v) is 7.51. The van der Waals surface area contributed by atoms with Gasteiger partial charge in [0.05, 0.1) is 13.2 Å². The first-order valence-corrected chi connectivity index (χ1v) is 8.55. The van der Waals surface area contributed by atoms with Crippen LogP contribution in [0, 0.1) is 19.8 Å². The molecule has 0 radical (unpaired) electrons. The first-order valence-electron chi connectivity index (χ1n) is 7.11. The molecule has 0 aromatic carbocycles. The van der Waals surface area contributed by atoms with E-state index in [2.05, 4.69) is 0 Å². The van der Waals surface area contributed by atoms with E-state index in [4.69, 9.17) is 9.15 Å². The number of furan rings is 1. The predicted molar refractivity (Wildman–Crippen MR) is 77.5 cm³/mol. The molecule has 1 heterocycles. The van der Waals surface area contributed by atoms with Crippen LogP contribution in [0.4, 0.5) is 0 Å². The molecule has 120 valence electrons. The van der Waals surface area contributed by atoms with E-state index in [9.17, 15) is 13.5 Å². The Balaban J connectivity index is 2.05. The van der Waals surface area contributed by atoms with E-state index >= 15 is 0 Å². The van der Waals surface area contributed by atoms with Gasteiger partial charge in [0.1, 0.15) is 16.4 Å². The molecular formula is C14H23NO5S. The number of aliphatic hydroxyl groups is 1. The molecule has 0 unspecified atom stereocenters. The highest BCUT2D eigenvalue weighted by molar-refractivity contribution is 7.89. The fourth-order valence-corrected chi connectivity index (χ4v) is 3.79. The molecule has 1 aromatic heterocycles. The van der Waals surface area contributed by atoms with Gasteiger partial charge in [0.2, 0.25) is 10.0 Å². The maximum atomic E-state index is 12.6. The van der Waals surface area contributed by atoms with Crippen molar-refractivity contribution in [2.45, 2.75) is 38.2 Å². The van der Waals surface area contributed by atoms with Gasteiger partial charge in [-0.3, -0.25) is 0 Å². The molecule has 7 heteroatoms. The lowest BCUT2D eigenvalue weighted by atomic mass is 10.2. The molecule has 1 aromatic rings. The third kappa shape index (κ3) is 3.66. The highest BCUT2D eigenvalue weighted by Crippen LogP contribution is 2.29. The summed E-state index contributed by atoms with van der Waals surface area (Å²) in [5, 5.41) is 9.37. The van der Waals surface area contributed by atoms with Crippen molar-refractivity contribution in [3.05, 3.63) is 17.1 Å². The summed E-state index contributed by atoms with van der Waals surface area (Å²) >= 11 is 0. The van der Waals surface area contributed by atoms with Crippen LogP contribution < -0.4 is 0 Å². The van der Waals surface area contributed by atoms with Crippen molar-refractivity contribution in [2.24, 2.45) is 5.92 Å². The Kier molecular flexibility index (Phi) is 5.08. The van der Waals surface area contributed by atoms with E-state index in [1.165, 1.54) is 24.2 Å². The van der Waals surface area contributed by atoms with Gasteiger partial charge in [0.15, 0.2) is 0 Å². The van der Waals surface area contributed by atoms with Crippen molar-refractivity contribution >= 4 is 10.0 Å². The summed E-state index contributed by atoms with van der Waals surface area (Å²) in [6, 6.07) is 0. The van der Waals surface area contributed by atoms with E-state index in [0.717, 1.165) is 0 Å². The Morgan fingerprint density at radius 3 is 2.57 bits per heavy atom. The zero-order valence-corrected chi connectivity index (χ0v) is 13.6.